The number of hydrogen-bond donors (Lipinski definition) is 1. The Morgan fingerprint density at radius 2 is 2.06 bits per heavy atom. The number of halogens is 2. The Hall–Kier alpha value is -1.00. The first-order valence-corrected chi connectivity index (χ1v) is 5.90. The molecule has 0 bridgehead atoms. The maximum absolute atomic E-state index is 12.9. The Kier molecular flexibility index (Phi) is 6.08. The molecule has 0 aliphatic carbocycles. The van der Waals surface area contributed by atoms with Crippen molar-refractivity contribution in [1.29, 1.82) is 0 Å². The van der Waals surface area contributed by atoms with E-state index in [1.165, 1.54) is 6.07 Å². The Morgan fingerprint density at radius 3 is 2.71 bits per heavy atom. The van der Waals surface area contributed by atoms with Crippen LogP contribution in [0.3, 0.4) is 0 Å². The third-order valence-corrected chi connectivity index (χ3v) is 2.55. The molecule has 1 unspecified atom stereocenters. The zero-order valence-electron chi connectivity index (χ0n) is 10.1. The summed E-state index contributed by atoms with van der Waals surface area (Å²) in [6, 6.07) is 3.87. The van der Waals surface area contributed by atoms with Crippen LogP contribution in [-0.2, 0) is 11.2 Å². The number of rotatable bonds is 7. The van der Waals surface area contributed by atoms with E-state index in [0.717, 1.165) is 24.5 Å². The summed E-state index contributed by atoms with van der Waals surface area (Å²) in [5.41, 5.74) is 6.63. The van der Waals surface area contributed by atoms with Gasteiger partial charge in [-0.2, -0.15) is 0 Å². The summed E-state index contributed by atoms with van der Waals surface area (Å²) < 4.78 is 30.9. The molecular weight excluding hydrogens is 224 g/mol. The highest BCUT2D eigenvalue weighted by molar-refractivity contribution is 5.18. The highest BCUT2D eigenvalue weighted by atomic mass is 19.2. The molecule has 0 aliphatic heterocycles. The molecule has 96 valence electrons. The molecule has 0 fully saturated rings. The maximum atomic E-state index is 12.9. The lowest BCUT2D eigenvalue weighted by atomic mass is 10.0. The van der Waals surface area contributed by atoms with Crippen molar-refractivity contribution in [3.63, 3.8) is 0 Å². The highest BCUT2D eigenvalue weighted by Gasteiger charge is 2.07. The Labute approximate surface area is 101 Å². The second-order valence-corrected chi connectivity index (χ2v) is 4.05. The van der Waals surface area contributed by atoms with Gasteiger partial charge in [0.25, 0.3) is 0 Å². The second-order valence-electron chi connectivity index (χ2n) is 4.05. The summed E-state index contributed by atoms with van der Waals surface area (Å²) in [4.78, 5) is 0. The topological polar surface area (TPSA) is 35.2 Å². The van der Waals surface area contributed by atoms with Crippen molar-refractivity contribution in [2.75, 3.05) is 13.2 Å². The molecule has 2 N–H and O–H groups in total. The molecule has 0 radical (unpaired) electrons. The molecule has 1 aromatic carbocycles. The van der Waals surface area contributed by atoms with Crippen LogP contribution in [0.4, 0.5) is 8.78 Å². The molecule has 0 saturated carbocycles. The van der Waals surface area contributed by atoms with Gasteiger partial charge in [0.1, 0.15) is 0 Å². The average Bonchev–Trinajstić information content (AvgIpc) is 2.30. The summed E-state index contributed by atoms with van der Waals surface area (Å²) in [5.74, 6) is -1.64. The van der Waals surface area contributed by atoms with Gasteiger partial charge in [0.05, 0.1) is 0 Å². The van der Waals surface area contributed by atoms with E-state index in [9.17, 15) is 8.78 Å². The van der Waals surface area contributed by atoms with Gasteiger partial charge in [0, 0.05) is 19.3 Å². The van der Waals surface area contributed by atoms with Gasteiger partial charge in [-0.25, -0.2) is 8.78 Å². The SMILES string of the molecule is CCOCCCC(N)Cc1ccc(F)c(F)c1. The molecule has 0 amide bonds. The highest BCUT2D eigenvalue weighted by Crippen LogP contribution is 2.11. The second kappa shape index (κ2) is 7.35. The minimum Gasteiger partial charge on any atom is -0.382 e. The molecular formula is C13H19F2NO. The molecule has 2 nitrogen and oxygen atoms in total. The summed E-state index contributed by atoms with van der Waals surface area (Å²) >= 11 is 0. The molecule has 1 aromatic rings. The average molecular weight is 243 g/mol. The maximum Gasteiger partial charge on any atom is 0.159 e. The van der Waals surface area contributed by atoms with Gasteiger partial charge in [-0.05, 0) is 43.9 Å². The first kappa shape index (κ1) is 14.1. The number of nitrogens with two attached hydrogens (primary N) is 1. The molecule has 17 heavy (non-hydrogen) atoms. The van der Waals surface area contributed by atoms with Crippen molar-refractivity contribution in [2.45, 2.75) is 32.2 Å². The molecule has 0 heterocycles. The van der Waals surface area contributed by atoms with E-state index >= 15 is 0 Å². The first-order chi connectivity index (χ1) is 8.13. The van der Waals surface area contributed by atoms with Crippen molar-refractivity contribution < 1.29 is 13.5 Å². The summed E-state index contributed by atoms with van der Waals surface area (Å²) in [5, 5.41) is 0. The minimum absolute atomic E-state index is 0.0414. The van der Waals surface area contributed by atoms with Gasteiger partial charge in [-0.1, -0.05) is 6.07 Å². The van der Waals surface area contributed by atoms with Gasteiger partial charge in [-0.3, -0.25) is 0 Å². The van der Waals surface area contributed by atoms with E-state index in [2.05, 4.69) is 0 Å². The fraction of sp³-hybridized carbons (Fsp3) is 0.538. The summed E-state index contributed by atoms with van der Waals surface area (Å²) in [7, 11) is 0. The van der Waals surface area contributed by atoms with Crippen molar-refractivity contribution >= 4 is 0 Å². The Bertz CT molecular complexity index is 344. The summed E-state index contributed by atoms with van der Waals surface area (Å²) in [6.07, 6.45) is 2.26. The van der Waals surface area contributed by atoms with E-state index < -0.39 is 11.6 Å². The van der Waals surface area contributed by atoms with Crippen LogP contribution in [0.5, 0.6) is 0 Å². The first-order valence-electron chi connectivity index (χ1n) is 5.90. The van der Waals surface area contributed by atoms with Gasteiger partial charge in [-0.15, -0.1) is 0 Å². The molecule has 1 rings (SSSR count). The number of ether oxygens (including phenoxy) is 1. The molecule has 0 saturated heterocycles. The predicted octanol–water partition coefficient (Wildman–Crippen LogP) is 2.65. The quantitative estimate of drug-likeness (QED) is 0.747. The summed E-state index contributed by atoms with van der Waals surface area (Å²) in [6.45, 7) is 3.35. The molecule has 0 aromatic heterocycles. The van der Waals surface area contributed by atoms with E-state index in [-0.39, 0.29) is 6.04 Å². The van der Waals surface area contributed by atoms with E-state index in [1.807, 2.05) is 6.92 Å². The standard InChI is InChI=1S/C13H19F2NO/c1-2-17-7-3-4-11(16)8-10-5-6-12(14)13(15)9-10/h5-6,9,11H,2-4,7-8,16H2,1H3. The minimum atomic E-state index is -0.821. The van der Waals surface area contributed by atoms with Crippen LogP contribution in [0.1, 0.15) is 25.3 Å². The normalized spacial score (nSPS) is 12.7. The van der Waals surface area contributed by atoms with Gasteiger partial charge in [0.2, 0.25) is 0 Å². The fourth-order valence-corrected chi connectivity index (χ4v) is 1.66. The zero-order valence-corrected chi connectivity index (χ0v) is 10.1. The van der Waals surface area contributed by atoms with E-state index in [0.29, 0.717) is 19.6 Å². The fourth-order valence-electron chi connectivity index (χ4n) is 1.66. The monoisotopic (exact) mass is 243 g/mol. The predicted molar refractivity (Wildman–Crippen MR) is 63.8 cm³/mol. The smallest absolute Gasteiger partial charge is 0.159 e. The Balaban J connectivity index is 2.34. The molecule has 1 atom stereocenters. The van der Waals surface area contributed by atoms with Crippen LogP contribution in [0.25, 0.3) is 0 Å². The lowest BCUT2D eigenvalue weighted by Crippen LogP contribution is -2.23. The van der Waals surface area contributed by atoms with Crippen molar-refractivity contribution in [3.8, 4) is 0 Å². The lowest BCUT2D eigenvalue weighted by molar-refractivity contribution is 0.142. The van der Waals surface area contributed by atoms with Crippen LogP contribution < -0.4 is 5.73 Å². The third-order valence-electron chi connectivity index (χ3n) is 2.55. The van der Waals surface area contributed by atoms with Crippen LogP contribution in [-0.4, -0.2) is 19.3 Å². The van der Waals surface area contributed by atoms with Crippen molar-refractivity contribution in [1.82, 2.24) is 0 Å². The van der Waals surface area contributed by atoms with E-state index in [4.69, 9.17) is 10.5 Å². The van der Waals surface area contributed by atoms with Crippen molar-refractivity contribution in [2.24, 2.45) is 5.73 Å². The van der Waals surface area contributed by atoms with Crippen LogP contribution in [0, 0.1) is 11.6 Å². The van der Waals surface area contributed by atoms with Crippen molar-refractivity contribution in [3.05, 3.63) is 35.4 Å². The molecule has 4 heteroatoms. The van der Waals surface area contributed by atoms with Crippen LogP contribution >= 0.6 is 0 Å². The Morgan fingerprint density at radius 1 is 1.29 bits per heavy atom. The largest absolute Gasteiger partial charge is 0.382 e. The van der Waals surface area contributed by atoms with E-state index in [1.54, 1.807) is 6.07 Å². The number of hydrogen-bond acceptors (Lipinski definition) is 2. The zero-order chi connectivity index (χ0) is 12.7. The van der Waals surface area contributed by atoms with Gasteiger partial charge >= 0.3 is 0 Å². The van der Waals surface area contributed by atoms with Gasteiger partial charge in [0.15, 0.2) is 11.6 Å². The molecule has 0 spiro atoms. The third kappa shape index (κ3) is 5.24. The van der Waals surface area contributed by atoms with Crippen LogP contribution in [0.15, 0.2) is 18.2 Å². The molecule has 0 aliphatic rings. The lowest BCUT2D eigenvalue weighted by Gasteiger charge is -2.11. The number of benzene rings is 1. The van der Waals surface area contributed by atoms with Crippen LogP contribution in [0.2, 0.25) is 0 Å². The van der Waals surface area contributed by atoms with Gasteiger partial charge < -0.3 is 10.5 Å².